The Kier molecular flexibility index (Phi) is 8.09. The predicted octanol–water partition coefficient (Wildman–Crippen LogP) is 4.69. The number of hydrogen-bond acceptors (Lipinski definition) is 3. The third kappa shape index (κ3) is 6.96. The number of hydrogen-bond donors (Lipinski definition) is 1. The van der Waals surface area contributed by atoms with Crippen LogP contribution in [0.4, 0.5) is 4.39 Å². The van der Waals surface area contributed by atoms with Gasteiger partial charge in [0.1, 0.15) is 11.6 Å². The lowest BCUT2D eigenvalue weighted by atomic mass is 10.2. The highest BCUT2D eigenvalue weighted by atomic mass is 35.5. The first-order chi connectivity index (χ1) is 12.1. The van der Waals surface area contributed by atoms with Crippen molar-refractivity contribution in [3.63, 3.8) is 0 Å². The maximum Gasteiger partial charge on any atom is 0.261 e. The Morgan fingerprint density at radius 3 is 2.52 bits per heavy atom. The molecule has 0 fully saturated rings. The van der Waals surface area contributed by atoms with E-state index in [2.05, 4.69) is 5.32 Å². The highest BCUT2D eigenvalue weighted by Crippen LogP contribution is 2.16. The van der Waals surface area contributed by atoms with E-state index >= 15 is 0 Å². The molecule has 0 aromatic heterocycles. The zero-order valence-electron chi connectivity index (χ0n) is 14.0. The van der Waals surface area contributed by atoms with Crippen LogP contribution in [0.5, 0.6) is 5.75 Å². The quantitative estimate of drug-likeness (QED) is 0.640. The molecule has 1 amide bonds. The van der Waals surface area contributed by atoms with E-state index in [1.54, 1.807) is 11.8 Å². The van der Waals surface area contributed by atoms with Crippen LogP contribution in [-0.2, 0) is 10.5 Å². The van der Waals surface area contributed by atoms with Crippen LogP contribution in [0.25, 0.3) is 0 Å². The summed E-state index contributed by atoms with van der Waals surface area (Å²) >= 11 is 7.59. The Labute approximate surface area is 156 Å². The second-order valence-corrected chi connectivity index (χ2v) is 6.98. The maximum absolute atomic E-state index is 12.9. The third-order valence-electron chi connectivity index (χ3n) is 3.48. The Hall–Kier alpha value is -1.72. The highest BCUT2D eigenvalue weighted by Gasteiger charge is 2.17. The van der Waals surface area contributed by atoms with Crippen molar-refractivity contribution in [1.29, 1.82) is 0 Å². The molecule has 0 aliphatic rings. The lowest BCUT2D eigenvalue weighted by Crippen LogP contribution is -2.39. The van der Waals surface area contributed by atoms with Crippen LogP contribution >= 0.6 is 23.4 Å². The van der Waals surface area contributed by atoms with Gasteiger partial charge in [-0.2, -0.15) is 11.8 Å². The van der Waals surface area contributed by atoms with Crippen LogP contribution in [0, 0.1) is 5.82 Å². The molecule has 0 unspecified atom stereocenters. The maximum atomic E-state index is 12.9. The molecule has 2 aromatic carbocycles. The molecule has 2 rings (SSSR count). The van der Waals surface area contributed by atoms with E-state index in [1.807, 2.05) is 31.2 Å². The van der Waals surface area contributed by atoms with Gasteiger partial charge in [-0.05, 0) is 48.4 Å². The van der Waals surface area contributed by atoms with Crippen molar-refractivity contribution >= 4 is 29.3 Å². The Morgan fingerprint density at radius 2 is 1.88 bits per heavy atom. The van der Waals surface area contributed by atoms with Crippen LogP contribution in [0.2, 0.25) is 5.02 Å². The molecule has 0 saturated heterocycles. The van der Waals surface area contributed by atoms with Crippen molar-refractivity contribution in [3.8, 4) is 5.75 Å². The molecule has 3 nitrogen and oxygen atoms in total. The van der Waals surface area contributed by atoms with Gasteiger partial charge in [-0.25, -0.2) is 4.39 Å². The molecular weight excluding hydrogens is 361 g/mol. The van der Waals surface area contributed by atoms with Gasteiger partial charge in [0.2, 0.25) is 0 Å². The third-order valence-corrected chi connectivity index (χ3v) is 4.77. The number of thioether (sulfide) groups is 1. The molecule has 25 heavy (non-hydrogen) atoms. The standard InChI is InChI=1S/C19H21ClFNO2S/c1-2-18(24-17-9-7-16(21)8-10-17)19(23)22-11-12-25-13-14-3-5-15(20)6-4-14/h3-10,18H,2,11-13H2,1H3,(H,22,23)/t18-/m0/s1. The number of carbonyl (C=O) groups excluding carboxylic acids is 1. The lowest BCUT2D eigenvalue weighted by Gasteiger charge is -2.17. The Bertz CT molecular complexity index is 664. The fraction of sp³-hybridized carbons (Fsp3) is 0.316. The van der Waals surface area contributed by atoms with Gasteiger partial charge in [-0.1, -0.05) is 30.7 Å². The van der Waals surface area contributed by atoms with Gasteiger partial charge in [-0.3, -0.25) is 4.79 Å². The normalized spacial score (nSPS) is 11.8. The number of carbonyl (C=O) groups is 1. The van der Waals surface area contributed by atoms with Crippen molar-refractivity contribution < 1.29 is 13.9 Å². The van der Waals surface area contributed by atoms with E-state index in [0.29, 0.717) is 18.7 Å². The second-order valence-electron chi connectivity index (χ2n) is 5.44. The lowest BCUT2D eigenvalue weighted by molar-refractivity contribution is -0.127. The van der Waals surface area contributed by atoms with E-state index in [4.69, 9.17) is 16.3 Å². The fourth-order valence-electron chi connectivity index (χ4n) is 2.13. The van der Waals surface area contributed by atoms with E-state index in [0.717, 1.165) is 16.5 Å². The fourth-order valence-corrected chi connectivity index (χ4v) is 3.08. The molecule has 0 bridgehead atoms. The number of ether oxygens (including phenoxy) is 1. The summed E-state index contributed by atoms with van der Waals surface area (Å²) in [6.07, 6.45) is -0.0343. The van der Waals surface area contributed by atoms with Gasteiger partial charge in [0.05, 0.1) is 0 Å². The molecule has 0 aliphatic heterocycles. The summed E-state index contributed by atoms with van der Waals surface area (Å²) in [7, 11) is 0. The SMILES string of the molecule is CC[C@H](Oc1ccc(F)cc1)C(=O)NCCSCc1ccc(Cl)cc1. The Balaban J connectivity index is 1.68. The van der Waals surface area contributed by atoms with Crippen LogP contribution < -0.4 is 10.1 Å². The first-order valence-electron chi connectivity index (χ1n) is 8.10. The van der Waals surface area contributed by atoms with Crippen molar-refractivity contribution in [2.24, 2.45) is 0 Å². The topological polar surface area (TPSA) is 38.3 Å². The highest BCUT2D eigenvalue weighted by molar-refractivity contribution is 7.98. The van der Waals surface area contributed by atoms with Gasteiger partial charge in [0.25, 0.3) is 5.91 Å². The van der Waals surface area contributed by atoms with Crippen molar-refractivity contribution in [1.82, 2.24) is 5.32 Å². The van der Waals surface area contributed by atoms with Gasteiger partial charge >= 0.3 is 0 Å². The number of amides is 1. The number of nitrogens with one attached hydrogen (secondary N) is 1. The van der Waals surface area contributed by atoms with E-state index in [9.17, 15) is 9.18 Å². The number of rotatable bonds is 9. The smallest absolute Gasteiger partial charge is 0.261 e. The first kappa shape index (κ1) is 19.6. The zero-order valence-corrected chi connectivity index (χ0v) is 15.6. The molecule has 0 radical (unpaired) electrons. The molecule has 0 saturated carbocycles. The molecule has 2 aromatic rings. The molecule has 1 N–H and O–H groups in total. The summed E-state index contributed by atoms with van der Waals surface area (Å²) in [5.74, 6) is 1.68. The summed E-state index contributed by atoms with van der Waals surface area (Å²) < 4.78 is 18.5. The average molecular weight is 382 g/mol. The predicted molar refractivity (Wildman–Crippen MR) is 102 cm³/mol. The van der Waals surface area contributed by atoms with E-state index in [-0.39, 0.29) is 11.7 Å². The van der Waals surface area contributed by atoms with Crippen molar-refractivity contribution in [2.45, 2.75) is 25.2 Å². The number of benzene rings is 2. The molecule has 0 heterocycles. The average Bonchev–Trinajstić information content (AvgIpc) is 2.62. The van der Waals surface area contributed by atoms with Gasteiger partial charge in [0.15, 0.2) is 6.10 Å². The van der Waals surface area contributed by atoms with Crippen molar-refractivity contribution in [3.05, 3.63) is 64.9 Å². The molecule has 134 valence electrons. The Morgan fingerprint density at radius 1 is 1.20 bits per heavy atom. The van der Waals surface area contributed by atoms with Crippen molar-refractivity contribution in [2.75, 3.05) is 12.3 Å². The summed E-state index contributed by atoms with van der Waals surface area (Å²) in [6, 6.07) is 13.4. The largest absolute Gasteiger partial charge is 0.481 e. The summed E-state index contributed by atoms with van der Waals surface area (Å²) in [6.45, 7) is 2.45. The molecular formula is C19H21ClFNO2S. The minimum atomic E-state index is -0.577. The first-order valence-corrected chi connectivity index (χ1v) is 9.64. The molecule has 6 heteroatoms. The summed E-state index contributed by atoms with van der Waals surface area (Å²) in [5.41, 5.74) is 1.20. The van der Waals surface area contributed by atoms with Crippen LogP contribution in [0.1, 0.15) is 18.9 Å². The van der Waals surface area contributed by atoms with Gasteiger partial charge in [0, 0.05) is 23.1 Å². The molecule has 1 atom stereocenters. The van der Waals surface area contributed by atoms with Gasteiger partial charge < -0.3 is 10.1 Å². The van der Waals surface area contributed by atoms with Crippen LogP contribution in [0.15, 0.2) is 48.5 Å². The molecule has 0 aliphatic carbocycles. The van der Waals surface area contributed by atoms with Gasteiger partial charge in [-0.15, -0.1) is 0 Å². The van der Waals surface area contributed by atoms with E-state index < -0.39 is 6.10 Å². The second kappa shape index (κ2) is 10.3. The van der Waals surface area contributed by atoms with Crippen LogP contribution in [-0.4, -0.2) is 24.3 Å². The summed E-state index contributed by atoms with van der Waals surface area (Å²) in [5, 5.41) is 3.61. The molecule has 0 spiro atoms. The minimum absolute atomic E-state index is 0.154. The summed E-state index contributed by atoms with van der Waals surface area (Å²) in [4.78, 5) is 12.2. The zero-order chi connectivity index (χ0) is 18.1. The monoisotopic (exact) mass is 381 g/mol. The number of halogens is 2. The van der Waals surface area contributed by atoms with Crippen LogP contribution in [0.3, 0.4) is 0 Å². The minimum Gasteiger partial charge on any atom is -0.481 e. The van der Waals surface area contributed by atoms with E-state index in [1.165, 1.54) is 29.8 Å².